The molecule has 0 amide bonds. The predicted molar refractivity (Wildman–Crippen MR) is 221 cm³/mol. The Labute approximate surface area is 316 Å². The zero-order valence-electron chi connectivity index (χ0n) is 31.4. The normalized spacial score (nSPS) is 12.8. The van der Waals surface area contributed by atoms with Crippen LogP contribution in [0.1, 0.15) is 61.1 Å². The second-order valence-electron chi connectivity index (χ2n) is 14.7. The van der Waals surface area contributed by atoms with Crippen molar-refractivity contribution in [3.05, 3.63) is 204 Å². The summed E-state index contributed by atoms with van der Waals surface area (Å²) in [4.78, 5) is 0. The quantitative estimate of drug-likeness (QED) is 0.101. The van der Waals surface area contributed by atoms with Crippen molar-refractivity contribution in [1.29, 1.82) is 0 Å². The molecule has 53 heavy (non-hydrogen) atoms. The Bertz CT molecular complexity index is 1930. The number of rotatable bonds is 16. The molecule has 6 rings (SSSR count). The molecule has 2 atom stereocenters. The van der Waals surface area contributed by atoms with Crippen LogP contribution in [0.5, 0.6) is 23.0 Å². The molecule has 268 valence electrons. The molecule has 0 fully saturated rings. The van der Waals surface area contributed by atoms with Gasteiger partial charge in [-0.05, 0) is 94.8 Å². The van der Waals surface area contributed by atoms with Crippen LogP contribution >= 0.6 is 0 Å². The zero-order valence-corrected chi connectivity index (χ0v) is 31.4. The maximum Gasteiger partial charge on any atom is 0.127 e. The highest BCUT2D eigenvalue weighted by Crippen LogP contribution is 2.39. The minimum Gasteiger partial charge on any atom is -0.457 e. The van der Waals surface area contributed by atoms with Crippen molar-refractivity contribution in [2.75, 3.05) is 0 Å². The van der Waals surface area contributed by atoms with Crippen LogP contribution in [-0.2, 0) is 28.4 Å². The highest BCUT2D eigenvalue weighted by Gasteiger charge is 2.40. The fourth-order valence-electron chi connectivity index (χ4n) is 6.76. The first-order valence-electron chi connectivity index (χ1n) is 18.4. The van der Waals surface area contributed by atoms with Crippen molar-refractivity contribution >= 4 is 12.2 Å². The van der Waals surface area contributed by atoms with E-state index >= 15 is 0 Å². The maximum absolute atomic E-state index is 7.60. The first kappa shape index (κ1) is 37.1. The van der Waals surface area contributed by atoms with E-state index in [0.29, 0.717) is 12.8 Å². The van der Waals surface area contributed by atoms with Gasteiger partial charge in [0.05, 0.1) is 12.2 Å². The number of para-hydroxylation sites is 2. The van der Waals surface area contributed by atoms with Gasteiger partial charge in [0, 0.05) is 10.8 Å². The molecule has 0 saturated heterocycles. The van der Waals surface area contributed by atoms with Gasteiger partial charge in [-0.25, -0.2) is 0 Å². The average Bonchev–Trinajstić information content (AvgIpc) is 3.18. The SMILES string of the molecule is C=Cc1ccc(C(C)(C)C(Cc2cccc(Oc3ccccc3)c2)OC(Cc2cccc(Oc3ccccc3)c2)C(C)(C)c2ccc(C=C)cc2)cc1. The van der Waals surface area contributed by atoms with Crippen LogP contribution in [0, 0.1) is 0 Å². The van der Waals surface area contributed by atoms with Crippen molar-refractivity contribution in [3.63, 3.8) is 0 Å². The maximum atomic E-state index is 7.60. The molecule has 0 heterocycles. The van der Waals surface area contributed by atoms with Crippen LogP contribution in [0.25, 0.3) is 12.2 Å². The van der Waals surface area contributed by atoms with Crippen LogP contribution in [0.15, 0.2) is 171 Å². The third kappa shape index (κ3) is 9.43. The van der Waals surface area contributed by atoms with E-state index in [4.69, 9.17) is 14.2 Å². The van der Waals surface area contributed by atoms with Crippen LogP contribution in [-0.4, -0.2) is 12.2 Å². The molecule has 0 bridgehead atoms. The number of benzene rings is 6. The van der Waals surface area contributed by atoms with Crippen molar-refractivity contribution in [2.45, 2.75) is 63.6 Å². The van der Waals surface area contributed by atoms with Gasteiger partial charge in [0.25, 0.3) is 0 Å². The van der Waals surface area contributed by atoms with E-state index in [0.717, 1.165) is 45.3 Å². The van der Waals surface area contributed by atoms with E-state index < -0.39 is 0 Å². The fourth-order valence-corrected chi connectivity index (χ4v) is 6.76. The van der Waals surface area contributed by atoms with Crippen molar-refractivity contribution in [3.8, 4) is 23.0 Å². The summed E-state index contributed by atoms with van der Waals surface area (Å²) in [6.45, 7) is 17.1. The van der Waals surface area contributed by atoms with Crippen molar-refractivity contribution in [1.82, 2.24) is 0 Å². The zero-order chi connectivity index (χ0) is 37.3. The standard InChI is InChI=1S/C50H50O3/c1-7-37-25-29-41(30-26-37)49(3,4)47(35-39-17-15-23-45(33-39)51-43-19-11-9-12-20-43)53-48(50(5,6)42-31-27-38(8-2)28-32-42)36-40-18-16-24-46(34-40)52-44-21-13-10-14-22-44/h7-34,47-48H,1-2,35-36H2,3-6H3. The van der Waals surface area contributed by atoms with Gasteiger partial charge >= 0.3 is 0 Å². The smallest absolute Gasteiger partial charge is 0.127 e. The Morgan fingerprint density at radius 1 is 0.453 bits per heavy atom. The Hall–Kier alpha value is -5.64. The molecule has 6 aromatic carbocycles. The highest BCUT2D eigenvalue weighted by atomic mass is 16.5. The van der Waals surface area contributed by atoms with E-state index in [2.05, 4.69) is 126 Å². The summed E-state index contributed by atoms with van der Waals surface area (Å²) >= 11 is 0. The molecule has 6 aromatic rings. The lowest BCUT2D eigenvalue weighted by molar-refractivity contribution is -0.0753. The Morgan fingerprint density at radius 2 is 0.811 bits per heavy atom. The predicted octanol–water partition coefficient (Wildman–Crippen LogP) is 13.1. The third-order valence-electron chi connectivity index (χ3n) is 10.3. The molecule has 2 unspecified atom stereocenters. The van der Waals surface area contributed by atoms with Crippen LogP contribution in [0.4, 0.5) is 0 Å². The monoisotopic (exact) mass is 698 g/mol. The lowest BCUT2D eigenvalue weighted by atomic mass is 9.74. The van der Waals surface area contributed by atoms with Gasteiger partial charge in [0.15, 0.2) is 0 Å². The second kappa shape index (κ2) is 16.8. The molecule has 0 aliphatic carbocycles. The third-order valence-corrected chi connectivity index (χ3v) is 10.3. The molecule has 0 saturated carbocycles. The first-order chi connectivity index (χ1) is 25.6. The Morgan fingerprint density at radius 3 is 1.17 bits per heavy atom. The fraction of sp³-hybridized carbons (Fsp3) is 0.200. The van der Waals surface area contributed by atoms with Crippen molar-refractivity contribution < 1.29 is 14.2 Å². The second-order valence-corrected chi connectivity index (χ2v) is 14.7. The van der Waals surface area contributed by atoms with Gasteiger partial charge in [-0.2, -0.15) is 0 Å². The molecule has 0 spiro atoms. The van der Waals surface area contributed by atoms with E-state index in [1.54, 1.807) is 0 Å². The Kier molecular flexibility index (Phi) is 11.8. The van der Waals surface area contributed by atoms with E-state index in [-0.39, 0.29) is 23.0 Å². The lowest BCUT2D eigenvalue weighted by Gasteiger charge is -2.43. The largest absolute Gasteiger partial charge is 0.457 e. The average molecular weight is 699 g/mol. The summed E-state index contributed by atoms with van der Waals surface area (Å²) in [6, 6.07) is 54.0. The molecule has 0 aliphatic rings. The summed E-state index contributed by atoms with van der Waals surface area (Å²) in [7, 11) is 0. The minimum absolute atomic E-state index is 0.204. The van der Waals surface area contributed by atoms with Crippen LogP contribution < -0.4 is 9.47 Å². The van der Waals surface area contributed by atoms with Gasteiger partial charge in [-0.15, -0.1) is 0 Å². The molecule has 3 heteroatoms. The molecule has 3 nitrogen and oxygen atoms in total. The minimum atomic E-state index is -0.366. The first-order valence-corrected chi connectivity index (χ1v) is 18.4. The molecular weight excluding hydrogens is 649 g/mol. The van der Waals surface area contributed by atoms with Gasteiger partial charge in [-0.3, -0.25) is 0 Å². The highest BCUT2D eigenvalue weighted by molar-refractivity contribution is 5.49. The van der Waals surface area contributed by atoms with Gasteiger partial charge in [-0.1, -0.05) is 162 Å². The summed E-state index contributed by atoms with van der Waals surface area (Å²) in [5.74, 6) is 3.22. The Balaban J connectivity index is 1.39. The lowest BCUT2D eigenvalue weighted by Crippen LogP contribution is -2.46. The number of ether oxygens (including phenoxy) is 3. The van der Waals surface area contributed by atoms with Gasteiger partial charge in [0.1, 0.15) is 23.0 Å². The van der Waals surface area contributed by atoms with Gasteiger partial charge in [0.2, 0.25) is 0 Å². The number of hydrogen-bond donors (Lipinski definition) is 0. The summed E-state index contributed by atoms with van der Waals surface area (Å²) < 4.78 is 20.1. The molecule has 0 N–H and O–H groups in total. The molecule has 0 aromatic heterocycles. The number of hydrogen-bond acceptors (Lipinski definition) is 3. The van der Waals surface area contributed by atoms with Crippen LogP contribution in [0.2, 0.25) is 0 Å². The van der Waals surface area contributed by atoms with E-state index in [9.17, 15) is 0 Å². The topological polar surface area (TPSA) is 27.7 Å². The summed E-state index contributed by atoms with van der Waals surface area (Å²) in [5, 5.41) is 0. The molecular formula is C50H50O3. The molecule has 0 radical (unpaired) electrons. The van der Waals surface area contributed by atoms with E-state index in [1.165, 1.54) is 11.1 Å². The summed E-state index contributed by atoms with van der Waals surface area (Å²) in [5.41, 5.74) is 6.14. The molecule has 0 aliphatic heterocycles. The van der Waals surface area contributed by atoms with Crippen LogP contribution in [0.3, 0.4) is 0 Å². The summed E-state index contributed by atoms with van der Waals surface area (Å²) in [6.07, 6.45) is 4.72. The van der Waals surface area contributed by atoms with Gasteiger partial charge < -0.3 is 14.2 Å². The van der Waals surface area contributed by atoms with Crippen molar-refractivity contribution in [2.24, 2.45) is 0 Å². The van der Waals surface area contributed by atoms with E-state index in [1.807, 2.05) is 84.9 Å².